The van der Waals surface area contributed by atoms with Crippen LogP contribution >= 0.6 is 0 Å². The van der Waals surface area contributed by atoms with Crippen LogP contribution in [0.3, 0.4) is 0 Å². The molecule has 0 unspecified atom stereocenters. The number of halogens is 1. The van der Waals surface area contributed by atoms with E-state index in [-0.39, 0.29) is 11.9 Å². The third-order valence-electron chi connectivity index (χ3n) is 4.10. The summed E-state index contributed by atoms with van der Waals surface area (Å²) in [4.78, 5) is 33.2. The summed E-state index contributed by atoms with van der Waals surface area (Å²) in [5, 5.41) is 9.70. The maximum atomic E-state index is 13.4. The molecule has 140 valence electrons. The molecule has 28 heavy (non-hydrogen) atoms. The number of fused-ring (bicyclic) bond motifs is 1. The van der Waals surface area contributed by atoms with Gasteiger partial charge in [-0.05, 0) is 37.3 Å². The minimum absolute atomic E-state index is 0.122. The van der Waals surface area contributed by atoms with E-state index < -0.39 is 17.3 Å². The molecule has 4 rings (SSSR count). The molecule has 0 saturated heterocycles. The lowest BCUT2D eigenvalue weighted by atomic mass is 10.2. The maximum Gasteiger partial charge on any atom is 0.261 e. The fourth-order valence-corrected chi connectivity index (χ4v) is 2.81. The van der Waals surface area contributed by atoms with Gasteiger partial charge >= 0.3 is 0 Å². The lowest BCUT2D eigenvalue weighted by Crippen LogP contribution is -2.28. The molecule has 4 aromatic rings. The normalized spacial score (nSPS) is 10.9. The van der Waals surface area contributed by atoms with Gasteiger partial charge in [0.15, 0.2) is 5.82 Å². The van der Waals surface area contributed by atoms with Gasteiger partial charge in [0.1, 0.15) is 18.2 Å². The molecule has 0 bridgehead atoms. The number of aromatic amines is 1. The van der Waals surface area contributed by atoms with E-state index in [2.05, 4.69) is 25.5 Å². The summed E-state index contributed by atoms with van der Waals surface area (Å²) >= 11 is 0. The van der Waals surface area contributed by atoms with Crippen molar-refractivity contribution in [3.05, 3.63) is 70.8 Å². The van der Waals surface area contributed by atoms with Gasteiger partial charge in [-0.15, -0.1) is 0 Å². The first kappa shape index (κ1) is 17.5. The van der Waals surface area contributed by atoms with E-state index in [9.17, 15) is 14.0 Å². The fraction of sp³-hybridized carbons (Fsp3) is 0.105. The molecule has 0 spiro atoms. The summed E-state index contributed by atoms with van der Waals surface area (Å²) in [5.74, 6) is 0.255. The Labute approximate surface area is 158 Å². The summed E-state index contributed by atoms with van der Waals surface area (Å²) in [7, 11) is 0. The molecule has 9 heteroatoms. The Bertz CT molecular complexity index is 1250. The van der Waals surface area contributed by atoms with Gasteiger partial charge in [0, 0.05) is 11.3 Å². The Balaban J connectivity index is 1.54. The minimum Gasteiger partial charge on any atom is -0.325 e. The standard InChI is InChI=1S/C19H15FN6O2/c1-11-22-18(25-24-11)12-3-2-4-14(7-12)23-17(27)9-26-10-21-16-6-5-13(20)8-15(16)19(26)28/h2-8,10H,9H2,1H3,(H,23,27)(H,22,24,25). The monoisotopic (exact) mass is 378 g/mol. The van der Waals surface area contributed by atoms with E-state index in [1.165, 1.54) is 18.5 Å². The smallest absolute Gasteiger partial charge is 0.261 e. The van der Waals surface area contributed by atoms with E-state index in [0.717, 1.165) is 16.2 Å². The summed E-state index contributed by atoms with van der Waals surface area (Å²) in [6.45, 7) is 1.55. The molecular formula is C19H15FN6O2. The highest BCUT2D eigenvalue weighted by atomic mass is 19.1. The number of anilines is 1. The number of benzene rings is 2. The fourth-order valence-electron chi connectivity index (χ4n) is 2.81. The number of aromatic nitrogens is 5. The zero-order chi connectivity index (χ0) is 19.7. The number of carbonyl (C=O) groups excluding carboxylic acids is 1. The van der Waals surface area contributed by atoms with Crippen molar-refractivity contribution in [3.8, 4) is 11.4 Å². The topological polar surface area (TPSA) is 106 Å². The Hall–Kier alpha value is -3.88. The quantitative estimate of drug-likeness (QED) is 0.567. The van der Waals surface area contributed by atoms with Crippen molar-refractivity contribution in [1.29, 1.82) is 0 Å². The van der Waals surface area contributed by atoms with E-state index in [1.807, 2.05) is 6.07 Å². The third kappa shape index (κ3) is 3.50. The largest absolute Gasteiger partial charge is 0.325 e. The number of nitrogens with zero attached hydrogens (tertiary/aromatic N) is 4. The van der Waals surface area contributed by atoms with Crippen molar-refractivity contribution < 1.29 is 9.18 Å². The molecule has 8 nitrogen and oxygen atoms in total. The Morgan fingerprint density at radius 1 is 1.25 bits per heavy atom. The van der Waals surface area contributed by atoms with Crippen molar-refractivity contribution in [2.45, 2.75) is 13.5 Å². The highest BCUT2D eigenvalue weighted by molar-refractivity contribution is 5.91. The molecule has 0 aliphatic heterocycles. The molecule has 0 radical (unpaired) electrons. The van der Waals surface area contributed by atoms with Crippen LogP contribution in [0.15, 0.2) is 53.6 Å². The van der Waals surface area contributed by atoms with E-state index >= 15 is 0 Å². The number of rotatable bonds is 4. The lowest BCUT2D eigenvalue weighted by molar-refractivity contribution is -0.116. The number of carbonyl (C=O) groups is 1. The van der Waals surface area contributed by atoms with Crippen LogP contribution in [0.25, 0.3) is 22.3 Å². The highest BCUT2D eigenvalue weighted by Gasteiger charge is 2.10. The zero-order valence-corrected chi connectivity index (χ0v) is 14.8. The first-order chi connectivity index (χ1) is 13.5. The predicted molar refractivity (Wildman–Crippen MR) is 101 cm³/mol. The minimum atomic E-state index is -0.535. The second kappa shape index (κ2) is 7.03. The van der Waals surface area contributed by atoms with Crippen LogP contribution in [0.4, 0.5) is 10.1 Å². The van der Waals surface area contributed by atoms with Gasteiger partial charge in [-0.2, -0.15) is 5.10 Å². The molecule has 1 amide bonds. The van der Waals surface area contributed by atoms with Crippen LogP contribution in [0.5, 0.6) is 0 Å². The molecule has 2 aromatic heterocycles. The zero-order valence-electron chi connectivity index (χ0n) is 14.8. The van der Waals surface area contributed by atoms with Gasteiger partial charge in [0.05, 0.1) is 17.2 Å². The van der Waals surface area contributed by atoms with Crippen molar-refractivity contribution in [2.24, 2.45) is 0 Å². The summed E-state index contributed by atoms with van der Waals surface area (Å²) in [5.41, 5.74) is 1.17. The van der Waals surface area contributed by atoms with Gasteiger partial charge in [-0.3, -0.25) is 19.3 Å². The number of aryl methyl sites for hydroxylation is 1. The van der Waals surface area contributed by atoms with Crippen molar-refractivity contribution in [1.82, 2.24) is 24.7 Å². The molecule has 0 saturated carbocycles. The van der Waals surface area contributed by atoms with Crippen LogP contribution in [-0.2, 0) is 11.3 Å². The van der Waals surface area contributed by atoms with E-state index in [1.54, 1.807) is 25.1 Å². The molecule has 0 atom stereocenters. The molecule has 0 aliphatic carbocycles. The van der Waals surface area contributed by atoms with Crippen molar-refractivity contribution in [2.75, 3.05) is 5.32 Å². The average molecular weight is 378 g/mol. The van der Waals surface area contributed by atoms with Gasteiger partial charge in [0.2, 0.25) is 5.91 Å². The van der Waals surface area contributed by atoms with Gasteiger partial charge in [-0.1, -0.05) is 12.1 Å². The average Bonchev–Trinajstić information content (AvgIpc) is 3.11. The summed E-state index contributed by atoms with van der Waals surface area (Å²) in [6, 6.07) is 10.8. The molecule has 2 N–H and O–H groups in total. The highest BCUT2D eigenvalue weighted by Crippen LogP contribution is 2.19. The van der Waals surface area contributed by atoms with Gasteiger partial charge < -0.3 is 5.32 Å². The Morgan fingerprint density at radius 3 is 2.89 bits per heavy atom. The molecule has 2 aromatic carbocycles. The first-order valence-corrected chi connectivity index (χ1v) is 8.43. The van der Waals surface area contributed by atoms with Crippen molar-refractivity contribution in [3.63, 3.8) is 0 Å². The number of H-pyrrole nitrogens is 1. The number of hydrogen-bond acceptors (Lipinski definition) is 5. The molecule has 2 heterocycles. The van der Waals surface area contributed by atoms with Crippen LogP contribution in [-0.4, -0.2) is 30.6 Å². The third-order valence-corrected chi connectivity index (χ3v) is 4.10. The summed E-state index contributed by atoms with van der Waals surface area (Å²) in [6.07, 6.45) is 1.27. The molecule has 0 fully saturated rings. The molecular weight excluding hydrogens is 363 g/mol. The number of hydrogen-bond donors (Lipinski definition) is 2. The number of amides is 1. The second-order valence-corrected chi connectivity index (χ2v) is 6.21. The predicted octanol–water partition coefficient (Wildman–Crippen LogP) is 2.27. The first-order valence-electron chi connectivity index (χ1n) is 8.43. The Morgan fingerprint density at radius 2 is 2.11 bits per heavy atom. The Kier molecular flexibility index (Phi) is 4.40. The van der Waals surface area contributed by atoms with Crippen LogP contribution in [0, 0.1) is 12.7 Å². The van der Waals surface area contributed by atoms with Crippen LogP contribution < -0.4 is 10.9 Å². The second-order valence-electron chi connectivity index (χ2n) is 6.21. The van der Waals surface area contributed by atoms with Gasteiger partial charge in [0.25, 0.3) is 5.56 Å². The van der Waals surface area contributed by atoms with Gasteiger partial charge in [-0.25, -0.2) is 14.4 Å². The maximum absolute atomic E-state index is 13.4. The van der Waals surface area contributed by atoms with E-state index in [0.29, 0.717) is 22.9 Å². The van der Waals surface area contributed by atoms with Crippen LogP contribution in [0.1, 0.15) is 5.82 Å². The van der Waals surface area contributed by atoms with E-state index in [4.69, 9.17) is 0 Å². The number of nitrogens with one attached hydrogen (secondary N) is 2. The molecule has 0 aliphatic rings. The lowest BCUT2D eigenvalue weighted by Gasteiger charge is -2.09. The SMILES string of the molecule is Cc1nc(-c2cccc(NC(=O)Cn3cnc4ccc(F)cc4c3=O)c2)n[nH]1. The van der Waals surface area contributed by atoms with Crippen LogP contribution in [0.2, 0.25) is 0 Å². The van der Waals surface area contributed by atoms with Crippen molar-refractivity contribution >= 4 is 22.5 Å². The summed E-state index contributed by atoms with van der Waals surface area (Å²) < 4.78 is 14.5.